The maximum Gasteiger partial charge on any atom is 0.336 e. The van der Waals surface area contributed by atoms with Crippen molar-refractivity contribution in [2.75, 3.05) is 11.9 Å². The first-order valence-corrected chi connectivity index (χ1v) is 10.3. The number of hydrogen-bond donors (Lipinski definition) is 1. The van der Waals surface area contributed by atoms with Gasteiger partial charge in [0.15, 0.2) is 0 Å². The highest BCUT2D eigenvalue weighted by atomic mass is 79.9. The van der Waals surface area contributed by atoms with Gasteiger partial charge in [-0.15, -0.1) is 0 Å². The second-order valence-corrected chi connectivity index (χ2v) is 8.12. The van der Waals surface area contributed by atoms with Gasteiger partial charge in [0, 0.05) is 4.47 Å². The molecule has 0 saturated heterocycles. The number of carbonyl (C=O) groups is 1. The maximum atomic E-state index is 12.8. The van der Waals surface area contributed by atoms with E-state index in [1.54, 1.807) is 12.1 Å². The van der Waals surface area contributed by atoms with E-state index in [-0.39, 0.29) is 11.4 Å². The summed E-state index contributed by atoms with van der Waals surface area (Å²) in [6, 6.07) is 4.13. The van der Waals surface area contributed by atoms with Gasteiger partial charge in [-0.1, -0.05) is 59.7 Å². The number of urea groups is 1. The number of nitrogens with zero attached hydrogens (tertiary/aromatic N) is 1. The van der Waals surface area contributed by atoms with Crippen LogP contribution >= 0.6 is 15.9 Å². The van der Waals surface area contributed by atoms with Crippen molar-refractivity contribution in [2.24, 2.45) is 0 Å². The SMILES string of the molecule is CC.CC1=CCC=C(CN2C(=O)Nc3ccc(Br)cc3S2(=O)=O)C=C1. The summed E-state index contributed by atoms with van der Waals surface area (Å²) >= 11 is 3.27. The number of anilines is 1. The standard InChI is InChI=1S/C16H15BrN2O3S.C2H6/c1-11-3-2-4-12(6-5-11)10-19-16(20)18-14-8-7-13(17)9-15(14)23(19,21)22;1-2/h3-9H,2,10H2,1H3,(H,18,20);1-2H3. The molecule has 1 aliphatic heterocycles. The third-order valence-corrected chi connectivity index (χ3v) is 5.95. The largest absolute Gasteiger partial charge is 0.336 e. The Morgan fingerprint density at radius 3 is 2.64 bits per heavy atom. The summed E-state index contributed by atoms with van der Waals surface area (Å²) in [4.78, 5) is 12.3. The summed E-state index contributed by atoms with van der Waals surface area (Å²) in [7, 11) is -3.88. The number of halogens is 1. The fourth-order valence-corrected chi connectivity index (χ4v) is 4.43. The Kier molecular flexibility index (Phi) is 6.24. The third-order valence-electron chi connectivity index (χ3n) is 3.69. The van der Waals surface area contributed by atoms with Gasteiger partial charge in [-0.05, 0) is 37.1 Å². The Balaban J connectivity index is 0.00000109. The van der Waals surface area contributed by atoms with E-state index in [0.29, 0.717) is 16.6 Å². The molecule has 134 valence electrons. The molecule has 7 heteroatoms. The predicted octanol–water partition coefficient (Wildman–Crippen LogP) is 4.84. The average Bonchev–Trinajstić information content (AvgIpc) is 2.79. The number of carbonyl (C=O) groups excluding carboxylic acids is 1. The summed E-state index contributed by atoms with van der Waals surface area (Å²) in [5.74, 6) is 0. The lowest BCUT2D eigenvalue weighted by Gasteiger charge is -2.29. The molecule has 0 saturated carbocycles. The monoisotopic (exact) mass is 424 g/mol. The second kappa shape index (κ2) is 8.01. The van der Waals surface area contributed by atoms with E-state index in [4.69, 9.17) is 0 Å². The van der Waals surface area contributed by atoms with E-state index in [1.807, 2.05) is 45.1 Å². The van der Waals surface area contributed by atoms with Crippen molar-refractivity contribution in [3.8, 4) is 0 Å². The number of hydrogen-bond acceptors (Lipinski definition) is 3. The second-order valence-electron chi connectivity index (χ2n) is 5.38. The van der Waals surface area contributed by atoms with Crippen molar-refractivity contribution in [2.45, 2.75) is 32.1 Å². The molecule has 25 heavy (non-hydrogen) atoms. The smallest absolute Gasteiger partial charge is 0.306 e. The summed E-state index contributed by atoms with van der Waals surface area (Å²) in [6.45, 7) is 5.99. The molecule has 5 nitrogen and oxygen atoms in total. The molecule has 1 aromatic rings. The van der Waals surface area contributed by atoms with Crippen LogP contribution in [0.15, 0.2) is 63.0 Å². The molecule has 1 N–H and O–H groups in total. The fourth-order valence-electron chi connectivity index (χ4n) is 2.43. The van der Waals surface area contributed by atoms with Gasteiger partial charge in [-0.2, -0.15) is 0 Å². The number of fused-ring (bicyclic) bond motifs is 1. The Hall–Kier alpha value is -1.86. The first-order chi connectivity index (χ1) is 11.9. The van der Waals surface area contributed by atoms with Gasteiger partial charge in [0.1, 0.15) is 4.90 Å². The van der Waals surface area contributed by atoms with E-state index >= 15 is 0 Å². The van der Waals surface area contributed by atoms with E-state index < -0.39 is 16.1 Å². The quantitative estimate of drug-likeness (QED) is 0.737. The summed E-state index contributed by atoms with van der Waals surface area (Å²) in [5, 5.41) is 2.63. The zero-order valence-corrected chi connectivity index (χ0v) is 16.8. The van der Waals surface area contributed by atoms with E-state index in [1.165, 1.54) is 6.07 Å². The fraction of sp³-hybridized carbons (Fsp3) is 0.278. The molecule has 0 unspecified atom stereocenters. The number of sulfonamides is 1. The normalized spacial score (nSPS) is 18.1. The van der Waals surface area contributed by atoms with Crippen LogP contribution in [0.2, 0.25) is 0 Å². The summed E-state index contributed by atoms with van der Waals surface area (Å²) in [5.41, 5.74) is 2.20. The third kappa shape index (κ3) is 4.22. The van der Waals surface area contributed by atoms with Crippen LogP contribution in [-0.2, 0) is 10.0 Å². The molecule has 1 aliphatic carbocycles. The van der Waals surface area contributed by atoms with Crippen molar-refractivity contribution >= 4 is 37.7 Å². The van der Waals surface area contributed by atoms with E-state index in [2.05, 4.69) is 21.2 Å². The van der Waals surface area contributed by atoms with Crippen molar-refractivity contribution in [3.63, 3.8) is 0 Å². The van der Waals surface area contributed by atoms with Crippen LogP contribution in [0.1, 0.15) is 27.2 Å². The van der Waals surface area contributed by atoms with Crippen molar-refractivity contribution in [1.82, 2.24) is 4.31 Å². The lowest BCUT2D eigenvalue weighted by molar-refractivity contribution is 0.237. The van der Waals surface area contributed by atoms with Gasteiger partial charge in [0.25, 0.3) is 10.0 Å². The molecule has 1 aromatic carbocycles. The van der Waals surface area contributed by atoms with Gasteiger partial charge in [-0.25, -0.2) is 17.5 Å². The average molecular weight is 425 g/mol. The molecule has 0 spiro atoms. The lowest BCUT2D eigenvalue weighted by Crippen LogP contribution is -2.44. The first kappa shape index (κ1) is 19.5. The van der Waals surface area contributed by atoms with Crippen LogP contribution in [0.25, 0.3) is 0 Å². The number of allylic oxidation sites excluding steroid dienone is 4. The van der Waals surface area contributed by atoms with Gasteiger partial charge >= 0.3 is 6.03 Å². The molecule has 2 aliphatic rings. The highest BCUT2D eigenvalue weighted by Crippen LogP contribution is 2.33. The number of rotatable bonds is 2. The van der Waals surface area contributed by atoms with Crippen molar-refractivity contribution in [1.29, 1.82) is 0 Å². The molecule has 0 bridgehead atoms. The number of nitrogens with one attached hydrogen (secondary N) is 1. The Labute approximate surface area is 157 Å². The van der Waals surface area contributed by atoms with Gasteiger partial charge in [0.2, 0.25) is 0 Å². The molecule has 2 amide bonds. The first-order valence-electron chi connectivity index (χ1n) is 8.05. The van der Waals surface area contributed by atoms with E-state index in [9.17, 15) is 13.2 Å². The lowest BCUT2D eigenvalue weighted by atomic mass is 10.2. The van der Waals surface area contributed by atoms with Crippen LogP contribution in [0, 0.1) is 0 Å². The Bertz CT molecular complexity index is 870. The Morgan fingerprint density at radius 1 is 1.20 bits per heavy atom. The minimum atomic E-state index is -3.88. The molecule has 0 aromatic heterocycles. The van der Waals surface area contributed by atoms with Crippen LogP contribution in [0.3, 0.4) is 0 Å². The summed E-state index contributed by atoms with van der Waals surface area (Å²) < 4.78 is 27.1. The van der Waals surface area contributed by atoms with Gasteiger partial charge in [-0.3, -0.25) is 0 Å². The molecule has 0 fully saturated rings. The van der Waals surface area contributed by atoms with Crippen LogP contribution in [0.4, 0.5) is 10.5 Å². The van der Waals surface area contributed by atoms with Crippen molar-refractivity contribution < 1.29 is 13.2 Å². The molecule has 0 radical (unpaired) electrons. The van der Waals surface area contributed by atoms with Crippen molar-refractivity contribution in [3.05, 3.63) is 58.1 Å². The predicted molar refractivity (Wildman–Crippen MR) is 104 cm³/mol. The summed E-state index contributed by atoms with van der Waals surface area (Å²) in [6.07, 6.45) is 8.44. The molecular weight excluding hydrogens is 404 g/mol. The minimum absolute atomic E-state index is 0.0116. The minimum Gasteiger partial charge on any atom is -0.306 e. The number of amides is 2. The zero-order valence-electron chi connectivity index (χ0n) is 14.4. The Morgan fingerprint density at radius 2 is 1.92 bits per heavy atom. The van der Waals surface area contributed by atoms with Crippen LogP contribution < -0.4 is 5.32 Å². The van der Waals surface area contributed by atoms with E-state index in [0.717, 1.165) is 15.5 Å². The maximum absolute atomic E-state index is 12.8. The topological polar surface area (TPSA) is 66.5 Å². The van der Waals surface area contributed by atoms with Crippen LogP contribution in [0.5, 0.6) is 0 Å². The highest BCUT2D eigenvalue weighted by molar-refractivity contribution is 9.10. The molecule has 0 atom stereocenters. The van der Waals surface area contributed by atoms with Crippen LogP contribution in [-0.4, -0.2) is 25.3 Å². The van der Waals surface area contributed by atoms with Gasteiger partial charge in [0.05, 0.1) is 12.2 Å². The molecule has 1 heterocycles. The zero-order chi connectivity index (χ0) is 18.6. The number of benzene rings is 1. The molecular formula is C18H21BrN2O3S. The molecule has 3 rings (SSSR count). The highest BCUT2D eigenvalue weighted by Gasteiger charge is 2.36. The van der Waals surface area contributed by atoms with Gasteiger partial charge < -0.3 is 5.32 Å².